The van der Waals surface area contributed by atoms with E-state index < -0.39 is 0 Å². The highest BCUT2D eigenvalue weighted by Gasteiger charge is 2.07. The number of nitrogens with zero attached hydrogens (tertiary/aromatic N) is 2. The zero-order chi connectivity index (χ0) is 13.0. The Labute approximate surface area is 117 Å². The Kier molecular flexibility index (Phi) is 4.64. The maximum atomic E-state index is 6.01. The van der Waals surface area contributed by atoms with Gasteiger partial charge in [0.15, 0.2) is 0 Å². The Morgan fingerprint density at radius 2 is 1.94 bits per heavy atom. The predicted octanol–water partition coefficient (Wildman–Crippen LogP) is 3.47. The molecular weight excluding hydrogens is 269 g/mol. The van der Waals surface area contributed by atoms with Gasteiger partial charge >= 0.3 is 0 Å². The van der Waals surface area contributed by atoms with Crippen LogP contribution in [0.1, 0.15) is 6.42 Å². The number of hydrogen-bond acceptors (Lipinski definition) is 2. The van der Waals surface area contributed by atoms with Gasteiger partial charge in [0.1, 0.15) is 5.82 Å². The summed E-state index contributed by atoms with van der Waals surface area (Å²) in [5.74, 6) is 0.899. The summed E-state index contributed by atoms with van der Waals surface area (Å²) in [6.45, 7) is 1.90. The second kappa shape index (κ2) is 6.23. The number of aryl methyl sites for hydroxylation is 1. The van der Waals surface area contributed by atoms with Gasteiger partial charge in [-0.3, -0.25) is 0 Å². The highest BCUT2D eigenvalue weighted by atomic mass is 35.5. The Morgan fingerprint density at radius 3 is 2.61 bits per heavy atom. The molecule has 0 aliphatic carbocycles. The van der Waals surface area contributed by atoms with Crippen LogP contribution in [0.5, 0.6) is 0 Å². The molecule has 0 unspecified atom stereocenters. The van der Waals surface area contributed by atoms with Crippen LogP contribution in [0.25, 0.3) is 11.4 Å². The van der Waals surface area contributed by atoms with Crippen LogP contribution in [0.2, 0.25) is 10.0 Å². The van der Waals surface area contributed by atoms with Crippen molar-refractivity contribution in [3.8, 4) is 11.4 Å². The second-order valence-electron chi connectivity index (χ2n) is 4.06. The summed E-state index contributed by atoms with van der Waals surface area (Å²) in [5, 5.41) is 4.39. The van der Waals surface area contributed by atoms with Gasteiger partial charge in [0, 0.05) is 34.5 Å². The molecule has 0 spiro atoms. The molecule has 3 nitrogen and oxygen atoms in total. The monoisotopic (exact) mass is 283 g/mol. The second-order valence-corrected chi connectivity index (χ2v) is 4.93. The van der Waals surface area contributed by atoms with Crippen LogP contribution in [-0.4, -0.2) is 23.1 Å². The summed E-state index contributed by atoms with van der Waals surface area (Å²) < 4.78 is 2.11. The fraction of sp³-hybridized carbons (Fsp3) is 0.308. The molecular formula is C13H15Cl2N3. The van der Waals surface area contributed by atoms with Gasteiger partial charge in [-0.15, -0.1) is 0 Å². The summed E-state index contributed by atoms with van der Waals surface area (Å²) in [7, 11) is 1.95. The van der Waals surface area contributed by atoms with Gasteiger partial charge in [-0.2, -0.15) is 0 Å². The van der Waals surface area contributed by atoms with Gasteiger partial charge in [0.2, 0.25) is 0 Å². The normalized spacial score (nSPS) is 10.8. The average molecular weight is 284 g/mol. The Morgan fingerprint density at radius 1 is 1.22 bits per heavy atom. The van der Waals surface area contributed by atoms with Crippen LogP contribution < -0.4 is 5.32 Å². The number of halogens is 2. The maximum Gasteiger partial charge on any atom is 0.139 e. The minimum atomic E-state index is 0.627. The molecule has 1 heterocycles. The highest BCUT2D eigenvalue weighted by Crippen LogP contribution is 2.26. The summed E-state index contributed by atoms with van der Waals surface area (Å²) in [6, 6.07) is 5.48. The lowest BCUT2D eigenvalue weighted by molar-refractivity contribution is 0.617. The van der Waals surface area contributed by atoms with Crippen molar-refractivity contribution in [3.05, 3.63) is 40.6 Å². The van der Waals surface area contributed by atoms with E-state index in [-0.39, 0.29) is 0 Å². The van der Waals surface area contributed by atoms with E-state index in [4.69, 9.17) is 23.2 Å². The predicted molar refractivity (Wildman–Crippen MR) is 76.2 cm³/mol. The molecule has 1 N–H and O–H groups in total. The van der Waals surface area contributed by atoms with Crippen molar-refractivity contribution >= 4 is 23.2 Å². The molecule has 2 rings (SSSR count). The fourth-order valence-electron chi connectivity index (χ4n) is 1.86. The van der Waals surface area contributed by atoms with Crippen molar-refractivity contribution in [1.29, 1.82) is 0 Å². The summed E-state index contributed by atoms with van der Waals surface area (Å²) >= 11 is 12.0. The van der Waals surface area contributed by atoms with Crippen LogP contribution in [-0.2, 0) is 6.54 Å². The van der Waals surface area contributed by atoms with Gasteiger partial charge in [-0.1, -0.05) is 23.2 Å². The molecule has 96 valence electrons. The van der Waals surface area contributed by atoms with Crippen molar-refractivity contribution in [2.24, 2.45) is 0 Å². The fourth-order valence-corrected chi connectivity index (χ4v) is 2.39. The van der Waals surface area contributed by atoms with Gasteiger partial charge in [0.05, 0.1) is 0 Å². The molecule has 1 aromatic heterocycles. The highest BCUT2D eigenvalue weighted by molar-refractivity contribution is 6.35. The summed E-state index contributed by atoms with van der Waals surface area (Å²) in [6.07, 6.45) is 4.82. The van der Waals surface area contributed by atoms with Crippen LogP contribution in [0.3, 0.4) is 0 Å². The van der Waals surface area contributed by atoms with Gasteiger partial charge < -0.3 is 9.88 Å². The number of aromatic nitrogens is 2. The van der Waals surface area contributed by atoms with Crippen LogP contribution in [0, 0.1) is 0 Å². The molecule has 2 aromatic rings. The molecule has 0 fully saturated rings. The largest absolute Gasteiger partial charge is 0.331 e. The van der Waals surface area contributed by atoms with E-state index in [2.05, 4.69) is 14.9 Å². The minimum Gasteiger partial charge on any atom is -0.331 e. The van der Waals surface area contributed by atoms with Crippen molar-refractivity contribution in [2.75, 3.05) is 13.6 Å². The summed E-state index contributed by atoms with van der Waals surface area (Å²) in [5.41, 5.74) is 0.946. The minimum absolute atomic E-state index is 0.627. The molecule has 0 bridgehead atoms. The van der Waals surface area contributed by atoms with E-state index in [0.717, 1.165) is 30.9 Å². The lowest BCUT2D eigenvalue weighted by Gasteiger charge is -2.08. The molecule has 1 aromatic carbocycles. The first-order valence-electron chi connectivity index (χ1n) is 5.83. The molecule has 0 aliphatic rings. The number of imidazole rings is 1. The third kappa shape index (κ3) is 3.25. The maximum absolute atomic E-state index is 6.01. The lowest BCUT2D eigenvalue weighted by Crippen LogP contribution is -2.11. The first-order valence-corrected chi connectivity index (χ1v) is 6.58. The third-order valence-electron chi connectivity index (χ3n) is 2.66. The Bertz CT molecular complexity index is 502. The van der Waals surface area contributed by atoms with E-state index in [1.165, 1.54) is 0 Å². The van der Waals surface area contributed by atoms with Crippen LogP contribution in [0.4, 0.5) is 0 Å². The molecule has 0 saturated heterocycles. The van der Waals surface area contributed by atoms with Gasteiger partial charge in [-0.05, 0) is 38.2 Å². The summed E-state index contributed by atoms with van der Waals surface area (Å²) in [4.78, 5) is 4.37. The molecule has 0 amide bonds. The number of benzene rings is 1. The number of hydrogen-bond donors (Lipinski definition) is 1. The third-order valence-corrected chi connectivity index (χ3v) is 3.10. The first-order chi connectivity index (χ1) is 8.70. The zero-order valence-electron chi connectivity index (χ0n) is 10.2. The molecule has 5 heteroatoms. The molecule has 0 radical (unpaired) electrons. The van der Waals surface area contributed by atoms with Crippen molar-refractivity contribution < 1.29 is 0 Å². The Balaban J connectivity index is 2.24. The molecule has 18 heavy (non-hydrogen) atoms. The van der Waals surface area contributed by atoms with E-state index in [9.17, 15) is 0 Å². The van der Waals surface area contributed by atoms with Crippen LogP contribution >= 0.6 is 23.2 Å². The number of rotatable bonds is 5. The van der Waals surface area contributed by atoms with Gasteiger partial charge in [-0.25, -0.2) is 4.98 Å². The van der Waals surface area contributed by atoms with E-state index in [1.807, 2.05) is 25.4 Å². The SMILES string of the molecule is CNCCCn1ccnc1-c1cc(Cl)cc(Cl)c1. The quantitative estimate of drug-likeness (QED) is 0.852. The van der Waals surface area contributed by atoms with Gasteiger partial charge in [0.25, 0.3) is 0 Å². The van der Waals surface area contributed by atoms with Crippen molar-refractivity contribution in [2.45, 2.75) is 13.0 Å². The Hall–Kier alpha value is -1.03. The smallest absolute Gasteiger partial charge is 0.139 e. The molecule has 0 aliphatic heterocycles. The number of nitrogens with one attached hydrogen (secondary N) is 1. The van der Waals surface area contributed by atoms with Crippen molar-refractivity contribution in [3.63, 3.8) is 0 Å². The van der Waals surface area contributed by atoms with E-state index in [0.29, 0.717) is 10.0 Å². The average Bonchev–Trinajstić information content (AvgIpc) is 2.76. The zero-order valence-corrected chi connectivity index (χ0v) is 11.7. The molecule has 0 atom stereocenters. The topological polar surface area (TPSA) is 29.9 Å². The van der Waals surface area contributed by atoms with Crippen LogP contribution in [0.15, 0.2) is 30.6 Å². The van der Waals surface area contributed by atoms with Crippen molar-refractivity contribution in [1.82, 2.24) is 14.9 Å². The standard InChI is InChI=1S/C13H15Cl2N3/c1-16-3-2-5-18-6-4-17-13(18)10-7-11(14)9-12(15)8-10/h4,6-9,16H,2-3,5H2,1H3. The molecule has 0 saturated carbocycles. The first kappa shape index (κ1) is 13.4. The lowest BCUT2D eigenvalue weighted by atomic mass is 10.2. The van der Waals surface area contributed by atoms with E-state index in [1.54, 1.807) is 12.3 Å². The van der Waals surface area contributed by atoms with E-state index >= 15 is 0 Å².